The van der Waals surface area contributed by atoms with Gasteiger partial charge in [0.15, 0.2) is 0 Å². The molecular weight excluding hydrogens is 266 g/mol. The van der Waals surface area contributed by atoms with Crippen molar-refractivity contribution in [3.63, 3.8) is 0 Å². The molecule has 0 radical (unpaired) electrons. The molecule has 0 amide bonds. The molecule has 1 heterocycles. The lowest BCUT2D eigenvalue weighted by Gasteiger charge is -2.21. The third-order valence-electron chi connectivity index (χ3n) is 4.35. The first-order valence-electron chi connectivity index (χ1n) is 7.34. The van der Waals surface area contributed by atoms with Crippen LogP contribution in [0, 0.1) is 19.8 Å². The molecule has 2 aromatic rings. The van der Waals surface area contributed by atoms with E-state index >= 15 is 0 Å². The molecule has 0 spiro atoms. The van der Waals surface area contributed by atoms with Gasteiger partial charge in [-0.2, -0.15) is 0 Å². The zero-order chi connectivity index (χ0) is 14.1. The first-order valence-corrected chi connectivity index (χ1v) is 8.15. The van der Waals surface area contributed by atoms with E-state index in [1.165, 1.54) is 15.4 Å². The predicted octanol–water partition coefficient (Wildman–Crippen LogP) is 3.99. The largest absolute Gasteiger partial charge is 0.388 e. The number of rotatable bonds is 2. The summed E-state index contributed by atoms with van der Waals surface area (Å²) in [6.45, 7) is 4.18. The average molecular weight is 287 g/mol. The highest BCUT2D eigenvalue weighted by Gasteiger charge is 2.26. The summed E-state index contributed by atoms with van der Waals surface area (Å²) in [5.74, 6) is 0.295. The third kappa shape index (κ3) is 2.65. The number of aromatic nitrogens is 1. The number of aryl methyl sites for hydroxylation is 3. The fourth-order valence-corrected chi connectivity index (χ4v) is 4.11. The van der Waals surface area contributed by atoms with Crippen molar-refractivity contribution in [2.24, 2.45) is 5.92 Å². The van der Waals surface area contributed by atoms with Crippen molar-refractivity contribution in [1.82, 2.24) is 4.98 Å². The summed E-state index contributed by atoms with van der Waals surface area (Å²) in [6, 6.07) is 8.33. The van der Waals surface area contributed by atoms with Gasteiger partial charge in [0.1, 0.15) is 0 Å². The average Bonchev–Trinajstić information content (AvgIpc) is 2.66. The summed E-state index contributed by atoms with van der Waals surface area (Å²) in [6.07, 6.45) is 3.86. The van der Waals surface area contributed by atoms with Gasteiger partial charge in [0, 0.05) is 11.3 Å². The monoisotopic (exact) mass is 287 g/mol. The lowest BCUT2D eigenvalue weighted by atomic mass is 9.91. The molecule has 1 aliphatic carbocycles. The van der Waals surface area contributed by atoms with Crippen LogP contribution < -0.4 is 0 Å². The van der Waals surface area contributed by atoms with Gasteiger partial charge in [-0.3, -0.25) is 0 Å². The molecule has 0 aliphatic heterocycles. The smallest absolute Gasteiger partial charge is 0.0934 e. The Balaban J connectivity index is 1.83. The van der Waals surface area contributed by atoms with Crippen LogP contribution in [0.5, 0.6) is 0 Å². The van der Waals surface area contributed by atoms with Crippen LogP contribution in [0.15, 0.2) is 24.3 Å². The maximum absolute atomic E-state index is 10.7. The Bertz CT molecular complexity index is 585. The minimum absolute atomic E-state index is 0.295. The molecule has 1 aliphatic rings. The van der Waals surface area contributed by atoms with Gasteiger partial charge < -0.3 is 5.11 Å². The number of aliphatic hydroxyl groups is 1. The molecule has 3 heteroatoms. The first-order chi connectivity index (χ1) is 9.65. The van der Waals surface area contributed by atoms with Crippen molar-refractivity contribution in [2.75, 3.05) is 0 Å². The van der Waals surface area contributed by atoms with E-state index in [9.17, 15) is 5.11 Å². The highest BCUT2D eigenvalue weighted by Crippen LogP contribution is 2.35. The van der Waals surface area contributed by atoms with Crippen LogP contribution in [0.25, 0.3) is 0 Å². The van der Waals surface area contributed by atoms with Gasteiger partial charge >= 0.3 is 0 Å². The number of thiazole rings is 1. The van der Waals surface area contributed by atoms with E-state index < -0.39 is 0 Å². The summed E-state index contributed by atoms with van der Waals surface area (Å²) in [5.41, 5.74) is 3.57. The van der Waals surface area contributed by atoms with Gasteiger partial charge in [0.2, 0.25) is 0 Å². The van der Waals surface area contributed by atoms with E-state index in [2.05, 4.69) is 37.0 Å². The van der Waals surface area contributed by atoms with E-state index in [1.54, 1.807) is 11.3 Å². The molecule has 3 rings (SSSR count). The lowest BCUT2D eigenvalue weighted by molar-refractivity contribution is 0.105. The molecule has 106 valence electrons. The summed E-state index contributed by atoms with van der Waals surface area (Å²) < 4.78 is 0. The van der Waals surface area contributed by atoms with Gasteiger partial charge in [-0.25, -0.2) is 4.98 Å². The molecule has 20 heavy (non-hydrogen) atoms. The second kappa shape index (κ2) is 5.66. The highest BCUT2D eigenvalue weighted by molar-refractivity contribution is 7.11. The Morgan fingerprint density at radius 2 is 2.10 bits per heavy atom. The number of aliphatic hydroxyl groups excluding tert-OH is 1. The summed E-state index contributed by atoms with van der Waals surface area (Å²) in [5, 5.41) is 11.9. The Morgan fingerprint density at radius 1 is 1.30 bits per heavy atom. The zero-order valence-corrected chi connectivity index (χ0v) is 12.9. The fraction of sp³-hybridized carbons (Fsp3) is 0.471. The van der Waals surface area contributed by atoms with E-state index in [4.69, 9.17) is 0 Å². The topological polar surface area (TPSA) is 33.1 Å². The van der Waals surface area contributed by atoms with Crippen molar-refractivity contribution in [2.45, 2.75) is 45.6 Å². The second-order valence-electron chi connectivity index (χ2n) is 5.75. The van der Waals surface area contributed by atoms with Crippen LogP contribution in [0.1, 0.15) is 45.7 Å². The van der Waals surface area contributed by atoms with E-state index in [1.807, 2.05) is 6.07 Å². The van der Waals surface area contributed by atoms with Crippen LogP contribution in [0.4, 0.5) is 0 Å². The maximum Gasteiger partial charge on any atom is 0.0934 e. The molecule has 0 fully saturated rings. The zero-order valence-electron chi connectivity index (χ0n) is 12.1. The van der Waals surface area contributed by atoms with Crippen LogP contribution >= 0.6 is 11.3 Å². The molecule has 0 bridgehead atoms. The van der Waals surface area contributed by atoms with Crippen LogP contribution in [0.3, 0.4) is 0 Å². The lowest BCUT2D eigenvalue weighted by Crippen LogP contribution is -2.14. The summed E-state index contributed by atoms with van der Waals surface area (Å²) in [4.78, 5) is 5.93. The van der Waals surface area contributed by atoms with Gasteiger partial charge in [0.25, 0.3) is 0 Å². The van der Waals surface area contributed by atoms with Crippen LogP contribution in [-0.4, -0.2) is 10.1 Å². The highest BCUT2D eigenvalue weighted by atomic mass is 32.1. The molecule has 1 aromatic carbocycles. The molecule has 2 atom stereocenters. The minimum Gasteiger partial charge on any atom is -0.388 e. The number of hydrogen-bond acceptors (Lipinski definition) is 3. The van der Waals surface area contributed by atoms with Crippen molar-refractivity contribution in [3.05, 3.63) is 51.0 Å². The number of fused-ring (bicyclic) bond motifs is 1. The molecule has 2 nitrogen and oxygen atoms in total. The van der Waals surface area contributed by atoms with Gasteiger partial charge in [-0.05, 0) is 50.2 Å². The van der Waals surface area contributed by atoms with Gasteiger partial charge in [-0.15, -0.1) is 11.3 Å². The summed E-state index contributed by atoms with van der Waals surface area (Å²) >= 11 is 1.78. The Kier molecular flexibility index (Phi) is 3.90. The van der Waals surface area contributed by atoms with Gasteiger partial charge in [0.05, 0.1) is 16.8 Å². The Labute approximate surface area is 124 Å². The van der Waals surface area contributed by atoms with E-state index in [0.717, 1.165) is 36.9 Å². The van der Waals surface area contributed by atoms with Crippen LogP contribution in [0.2, 0.25) is 0 Å². The quantitative estimate of drug-likeness (QED) is 0.847. The fourth-order valence-electron chi connectivity index (χ4n) is 3.08. The normalized spacial score (nSPS) is 22.4. The molecule has 2 unspecified atom stereocenters. The van der Waals surface area contributed by atoms with Crippen molar-refractivity contribution in [3.8, 4) is 0 Å². The molecule has 1 N–H and O–H groups in total. The minimum atomic E-state index is -0.349. The maximum atomic E-state index is 10.7. The van der Waals surface area contributed by atoms with Crippen molar-refractivity contribution in [1.29, 1.82) is 0 Å². The molecular formula is C17H21NOS. The van der Waals surface area contributed by atoms with E-state index in [0.29, 0.717) is 5.92 Å². The van der Waals surface area contributed by atoms with E-state index in [-0.39, 0.29) is 6.10 Å². The number of nitrogens with zero attached hydrogens (tertiary/aromatic N) is 1. The van der Waals surface area contributed by atoms with Gasteiger partial charge in [-0.1, -0.05) is 24.3 Å². The summed E-state index contributed by atoms with van der Waals surface area (Å²) in [7, 11) is 0. The number of benzene rings is 1. The third-order valence-corrected chi connectivity index (χ3v) is 5.45. The SMILES string of the molecule is Cc1nc(CC2CCCc3ccccc3C2O)sc1C. The molecule has 0 saturated carbocycles. The molecule has 1 aromatic heterocycles. The number of hydrogen-bond donors (Lipinski definition) is 1. The first kappa shape index (κ1) is 13.8. The van der Waals surface area contributed by atoms with Crippen LogP contribution in [-0.2, 0) is 12.8 Å². The second-order valence-corrected chi connectivity index (χ2v) is 7.04. The van der Waals surface area contributed by atoms with Crippen molar-refractivity contribution >= 4 is 11.3 Å². The predicted molar refractivity (Wildman–Crippen MR) is 83.1 cm³/mol. The Hall–Kier alpha value is -1.19. The Morgan fingerprint density at radius 3 is 2.85 bits per heavy atom. The van der Waals surface area contributed by atoms with Crippen molar-refractivity contribution < 1.29 is 5.11 Å². The standard InChI is InChI=1S/C17H21NOS/c1-11-12(2)20-16(18-11)10-14-8-5-7-13-6-3-4-9-15(13)17(14)19/h3-4,6,9,14,17,19H,5,7-8,10H2,1-2H3. The molecule has 0 saturated heterocycles.